The average molecular weight is 242 g/mol. The van der Waals surface area contributed by atoms with Crippen LogP contribution in [0.15, 0.2) is 24.4 Å². The molecule has 1 aliphatic carbocycles. The maximum Gasteiger partial charge on any atom is 0.0844 e. The third kappa shape index (κ3) is 2.04. The van der Waals surface area contributed by atoms with Gasteiger partial charge in [0.25, 0.3) is 0 Å². The first-order valence-corrected chi connectivity index (χ1v) is 6.61. The van der Waals surface area contributed by atoms with E-state index in [2.05, 4.69) is 28.5 Å². The van der Waals surface area contributed by atoms with Crippen LogP contribution in [0.5, 0.6) is 0 Å². The minimum atomic E-state index is 0.617. The molecule has 1 heterocycles. The molecule has 1 aliphatic rings. The summed E-state index contributed by atoms with van der Waals surface area (Å²) in [6, 6.07) is 6.48. The molecule has 0 aliphatic heterocycles. The van der Waals surface area contributed by atoms with Gasteiger partial charge in [-0.1, -0.05) is 17.3 Å². The van der Waals surface area contributed by atoms with E-state index in [1.165, 1.54) is 36.1 Å². The van der Waals surface area contributed by atoms with E-state index in [-0.39, 0.29) is 0 Å². The molecule has 3 rings (SSSR count). The minimum Gasteiger partial charge on any atom is -0.330 e. The zero-order chi connectivity index (χ0) is 12.4. The molecular weight excluding hydrogens is 224 g/mol. The Labute approximate surface area is 107 Å². The summed E-state index contributed by atoms with van der Waals surface area (Å²) in [5.74, 6) is 0. The molecule has 2 aromatic rings. The molecular formula is C14H18N4. The number of nitrogens with zero attached hydrogens (tertiary/aromatic N) is 3. The number of hydrogen-bond donors (Lipinski definition) is 1. The van der Waals surface area contributed by atoms with Crippen LogP contribution in [0.1, 0.15) is 29.7 Å². The summed E-state index contributed by atoms with van der Waals surface area (Å²) < 4.78 is 1.90. The molecule has 0 saturated carbocycles. The fourth-order valence-corrected chi connectivity index (χ4v) is 2.65. The number of hydrogen-bond acceptors (Lipinski definition) is 3. The molecule has 1 aromatic carbocycles. The van der Waals surface area contributed by atoms with Crippen LogP contribution in [0.2, 0.25) is 0 Å². The Kier molecular flexibility index (Phi) is 3.11. The topological polar surface area (TPSA) is 56.7 Å². The Balaban J connectivity index is 2.00. The zero-order valence-electron chi connectivity index (χ0n) is 10.5. The molecule has 0 amide bonds. The molecule has 18 heavy (non-hydrogen) atoms. The summed E-state index contributed by atoms with van der Waals surface area (Å²) in [7, 11) is 0. The van der Waals surface area contributed by atoms with Crippen molar-refractivity contribution in [2.45, 2.75) is 32.1 Å². The van der Waals surface area contributed by atoms with Crippen LogP contribution < -0.4 is 5.73 Å². The highest BCUT2D eigenvalue weighted by atomic mass is 15.4. The van der Waals surface area contributed by atoms with Gasteiger partial charge < -0.3 is 5.73 Å². The van der Waals surface area contributed by atoms with Gasteiger partial charge in [-0.2, -0.15) is 0 Å². The number of aromatic nitrogens is 3. The smallest absolute Gasteiger partial charge is 0.0844 e. The van der Waals surface area contributed by atoms with Crippen molar-refractivity contribution in [3.8, 4) is 5.69 Å². The van der Waals surface area contributed by atoms with Crippen molar-refractivity contribution in [2.24, 2.45) is 5.73 Å². The van der Waals surface area contributed by atoms with Crippen LogP contribution in [0.25, 0.3) is 5.69 Å². The van der Waals surface area contributed by atoms with Gasteiger partial charge in [0.15, 0.2) is 0 Å². The van der Waals surface area contributed by atoms with Gasteiger partial charge in [0, 0.05) is 6.42 Å². The third-order valence-electron chi connectivity index (χ3n) is 3.56. The summed E-state index contributed by atoms with van der Waals surface area (Å²) in [5, 5.41) is 8.39. The van der Waals surface area contributed by atoms with E-state index >= 15 is 0 Å². The lowest BCUT2D eigenvalue weighted by atomic mass is 9.90. The summed E-state index contributed by atoms with van der Waals surface area (Å²) in [6.07, 6.45) is 7.69. The van der Waals surface area contributed by atoms with E-state index in [0.29, 0.717) is 6.54 Å². The lowest BCUT2D eigenvalue weighted by Gasteiger charge is -2.18. The van der Waals surface area contributed by atoms with Crippen LogP contribution in [0.4, 0.5) is 0 Å². The first kappa shape index (κ1) is 11.4. The molecule has 0 saturated heterocycles. The molecule has 0 bridgehead atoms. The molecule has 4 nitrogen and oxygen atoms in total. The van der Waals surface area contributed by atoms with E-state index in [1.54, 1.807) is 0 Å². The maximum atomic E-state index is 5.54. The lowest BCUT2D eigenvalue weighted by molar-refractivity contribution is 0.673. The standard InChI is InChI=1S/C14H18N4/c15-9-8-12-10-18(17-16-12)14-7-3-5-11-4-1-2-6-13(11)14/h3,5,7,10H,1-2,4,6,8-9,15H2. The molecule has 2 N–H and O–H groups in total. The van der Waals surface area contributed by atoms with E-state index in [9.17, 15) is 0 Å². The fraction of sp³-hybridized carbons (Fsp3) is 0.429. The Hall–Kier alpha value is -1.68. The van der Waals surface area contributed by atoms with E-state index in [1.807, 2.05) is 10.9 Å². The van der Waals surface area contributed by atoms with Gasteiger partial charge in [-0.3, -0.25) is 0 Å². The van der Waals surface area contributed by atoms with Gasteiger partial charge in [0.1, 0.15) is 0 Å². The minimum absolute atomic E-state index is 0.617. The Bertz CT molecular complexity index is 544. The highest BCUT2D eigenvalue weighted by molar-refractivity contribution is 5.46. The highest BCUT2D eigenvalue weighted by Crippen LogP contribution is 2.26. The van der Waals surface area contributed by atoms with Gasteiger partial charge >= 0.3 is 0 Å². The van der Waals surface area contributed by atoms with Crippen molar-refractivity contribution in [2.75, 3.05) is 6.54 Å². The van der Waals surface area contributed by atoms with Gasteiger partial charge in [-0.25, -0.2) is 4.68 Å². The normalized spacial score (nSPS) is 14.5. The Morgan fingerprint density at radius 2 is 2.11 bits per heavy atom. The summed E-state index contributed by atoms with van der Waals surface area (Å²) >= 11 is 0. The summed E-state index contributed by atoms with van der Waals surface area (Å²) in [5.41, 5.74) is 10.6. The average Bonchev–Trinajstić information content (AvgIpc) is 2.87. The van der Waals surface area contributed by atoms with Crippen molar-refractivity contribution < 1.29 is 0 Å². The van der Waals surface area contributed by atoms with Crippen molar-refractivity contribution in [3.63, 3.8) is 0 Å². The predicted octanol–water partition coefficient (Wildman–Crippen LogP) is 1.65. The van der Waals surface area contributed by atoms with E-state index in [4.69, 9.17) is 5.73 Å². The first-order chi connectivity index (χ1) is 8.88. The number of fused-ring (bicyclic) bond motifs is 1. The van der Waals surface area contributed by atoms with Gasteiger partial charge in [0.2, 0.25) is 0 Å². The molecule has 4 heteroatoms. The predicted molar refractivity (Wildman–Crippen MR) is 70.8 cm³/mol. The zero-order valence-corrected chi connectivity index (χ0v) is 10.5. The molecule has 0 spiro atoms. The summed E-state index contributed by atoms with van der Waals surface area (Å²) in [6.45, 7) is 0.617. The second kappa shape index (κ2) is 4.90. The number of nitrogens with two attached hydrogens (primary N) is 1. The van der Waals surface area contributed by atoms with E-state index < -0.39 is 0 Å². The van der Waals surface area contributed by atoms with Crippen LogP contribution >= 0.6 is 0 Å². The SMILES string of the molecule is NCCc1cn(-c2cccc3c2CCCC3)nn1. The molecule has 1 aromatic heterocycles. The van der Waals surface area contributed by atoms with Crippen molar-refractivity contribution in [1.82, 2.24) is 15.0 Å². The fourth-order valence-electron chi connectivity index (χ4n) is 2.65. The van der Waals surface area contributed by atoms with Crippen LogP contribution in [0.3, 0.4) is 0 Å². The van der Waals surface area contributed by atoms with Gasteiger partial charge in [0.05, 0.1) is 17.6 Å². The monoisotopic (exact) mass is 242 g/mol. The molecule has 0 unspecified atom stereocenters. The molecule has 0 radical (unpaired) electrons. The molecule has 0 fully saturated rings. The Morgan fingerprint density at radius 1 is 1.22 bits per heavy atom. The first-order valence-electron chi connectivity index (χ1n) is 6.61. The molecule has 94 valence electrons. The second-order valence-electron chi connectivity index (χ2n) is 4.82. The van der Waals surface area contributed by atoms with Gasteiger partial charge in [-0.05, 0) is 49.4 Å². The highest BCUT2D eigenvalue weighted by Gasteiger charge is 2.14. The van der Waals surface area contributed by atoms with E-state index in [0.717, 1.165) is 18.5 Å². The largest absolute Gasteiger partial charge is 0.330 e. The van der Waals surface area contributed by atoms with Crippen molar-refractivity contribution in [3.05, 3.63) is 41.2 Å². The second-order valence-corrected chi connectivity index (χ2v) is 4.82. The van der Waals surface area contributed by atoms with Gasteiger partial charge in [-0.15, -0.1) is 5.10 Å². The molecule has 0 atom stereocenters. The summed E-state index contributed by atoms with van der Waals surface area (Å²) in [4.78, 5) is 0. The van der Waals surface area contributed by atoms with Crippen molar-refractivity contribution >= 4 is 0 Å². The maximum absolute atomic E-state index is 5.54. The lowest BCUT2D eigenvalue weighted by Crippen LogP contribution is -2.08. The van der Waals surface area contributed by atoms with Crippen LogP contribution in [0, 0.1) is 0 Å². The quantitative estimate of drug-likeness (QED) is 0.890. The third-order valence-corrected chi connectivity index (χ3v) is 3.56. The number of rotatable bonds is 3. The van der Waals surface area contributed by atoms with Crippen molar-refractivity contribution in [1.29, 1.82) is 0 Å². The van der Waals surface area contributed by atoms with Crippen LogP contribution in [-0.4, -0.2) is 21.5 Å². The Morgan fingerprint density at radius 3 is 3.00 bits per heavy atom. The van der Waals surface area contributed by atoms with Crippen LogP contribution in [-0.2, 0) is 19.3 Å². The number of benzene rings is 1. The number of aryl methyl sites for hydroxylation is 1.